The second kappa shape index (κ2) is 20.4. The highest BCUT2D eigenvalue weighted by Crippen LogP contribution is 2.33. The Bertz CT molecular complexity index is 1650. The molecule has 58 heavy (non-hydrogen) atoms. The number of nitrogens with one attached hydrogen (secondary N) is 3. The third kappa shape index (κ3) is 10.6. The zero-order valence-electron chi connectivity index (χ0n) is 31.7. The summed E-state index contributed by atoms with van der Waals surface area (Å²) in [5.41, 5.74) is 0.670. The highest BCUT2D eigenvalue weighted by atomic mass is 16.7. The molecule has 3 aliphatic rings. The summed E-state index contributed by atoms with van der Waals surface area (Å²) in [4.78, 5) is 35.9. The average Bonchev–Trinajstić information content (AvgIpc) is 3.86. The lowest BCUT2D eigenvalue weighted by Gasteiger charge is -2.48. The van der Waals surface area contributed by atoms with Crippen molar-refractivity contribution < 1.29 is 83.7 Å². The van der Waals surface area contributed by atoms with Gasteiger partial charge in [0, 0.05) is 20.8 Å². The van der Waals surface area contributed by atoms with Crippen molar-refractivity contribution in [3.63, 3.8) is 0 Å². The highest BCUT2D eigenvalue weighted by Gasteiger charge is 2.52. The predicted molar refractivity (Wildman–Crippen MR) is 185 cm³/mol. The fraction of sp³-hybridized carbons (Fsp3) is 0.781. The molecule has 2 aromatic rings. The van der Waals surface area contributed by atoms with E-state index >= 15 is 0 Å². The van der Waals surface area contributed by atoms with Crippen LogP contribution in [0.1, 0.15) is 44.6 Å². The number of ether oxygens (including phenoxy) is 6. The van der Waals surface area contributed by atoms with Gasteiger partial charge in [0.1, 0.15) is 84.4 Å². The SMILES string of the molecule is CC(=O)N[C@@H]1[C@@H](O)[C@H](O[C@@H]2O[C@H](CO)[C@H](O)[C@H](O)[C@H]2NC(C)=O)[C@@H](CO)O[C@H]1n1cc(COCCOCc2cn([C@@H]3O[C@H](CO)[C@@H](O)[C@H](O)[C@H]3NC(C)=O)nn2)nn1. The van der Waals surface area contributed by atoms with Gasteiger partial charge in [-0.1, -0.05) is 10.4 Å². The van der Waals surface area contributed by atoms with Crippen molar-refractivity contribution in [3.8, 4) is 0 Å². The molecular weight excluding hydrogens is 782 g/mol. The third-order valence-electron chi connectivity index (χ3n) is 9.56. The largest absolute Gasteiger partial charge is 0.394 e. The molecule has 3 saturated heterocycles. The first-order valence-corrected chi connectivity index (χ1v) is 18.3. The predicted octanol–water partition coefficient (Wildman–Crippen LogP) is -7.20. The van der Waals surface area contributed by atoms with Crippen molar-refractivity contribution in [3.05, 3.63) is 23.8 Å². The number of hydrogen-bond donors (Lipinski definition) is 11. The lowest BCUT2D eigenvalue weighted by molar-refractivity contribution is -0.319. The molecule has 3 aliphatic heterocycles. The van der Waals surface area contributed by atoms with Gasteiger partial charge in [0.25, 0.3) is 0 Å². The van der Waals surface area contributed by atoms with Gasteiger partial charge in [0.15, 0.2) is 18.7 Å². The molecule has 3 fully saturated rings. The first-order valence-electron chi connectivity index (χ1n) is 18.3. The molecule has 2 aromatic heterocycles. The Morgan fingerprint density at radius 1 is 0.621 bits per heavy atom. The number of rotatable bonds is 17. The molecule has 0 unspecified atom stereocenters. The molecule has 26 nitrogen and oxygen atoms in total. The standard InChI is InChI=1S/C32H51N9O17/c1-13(45)33-21-26(50)24(48)18(8-42)55-30(21)40-6-16(36-38-40)11-53-4-5-54-12-17-7-41(39-37-17)31-22(34-14(2)46)28(52)29(20(10-44)56-31)58-32-23(35-15(3)47)27(51)25(49)19(9-43)57-32/h6-7,18-32,42-44,48-52H,4-5,8-12H2,1-3H3,(H,33,45)(H,34,46)(H,35,47)/t18-,19-,20-,21-,22-,23-,24-,25+,26-,27-,28-,29-,30-,31-,32+/m1/s1. The average molecular weight is 834 g/mol. The van der Waals surface area contributed by atoms with E-state index in [1.807, 2.05) is 0 Å². The van der Waals surface area contributed by atoms with E-state index in [1.165, 1.54) is 35.6 Å². The van der Waals surface area contributed by atoms with Gasteiger partial charge in [-0.2, -0.15) is 0 Å². The smallest absolute Gasteiger partial charge is 0.217 e. The molecule has 326 valence electrons. The molecule has 0 bridgehead atoms. The molecule has 0 spiro atoms. The van der Waals surface area contributed by atoms with Crippen molar-refractivity contribution in [1.29, 1.82) is 0 Å². The Morgan fingerprint density at radius 2 is 1.03 bits per heavy atom. The monoisotopic (exact) mass is 833 g/mol. The van der Waals surface area contributed by atoms with Crippen molar-refractivity contribution in [2.75, 3.05) is 33.0 Å². The summed E-state index contributed by atoms with van der Waals surface area (Å²) in [6, 6.07) is -3.71. The first kappa shape index (κ1) is 45.2. The summed E-state index contributed by atoms with van der Waals surface area (Å²) in [5.74, 6) is -1.67. The van der Waals surface area contributed by atoms with Gasteiger partial charge in [-0.3, -0.25) is 14.4 Å². The number of hydrogen-bond acceptors (Lipinski definition) is 21. The minimum atomic E-state index is -1.65. The summed E-state index contributed by atoms with van der Waals surface area (Å²) >= 11 is 0. The van der Waals surface area contributed by atoms with Crippen molar-refractivity contribution in [2.45, 2.75) is 126 Å². The molecule has 26 heteroatoms. The molecule has 0 aromatic carbocycles. The van der Waals surface area contributed by atoms with E-state index in [9.17, 15) is 55.2 Å². The van der Waals surface area contributed by atoms with E-state index in [0.29, 0.717) is 11.4 Å². The number of carbonyl (C=O) groups excluding carboxylic acids is 3. The van der Waals surface area contributed by atoms with Crippen LogP contribution in [-0.4, -0.2) is 201 Å². The van der Waals surface area contributed by atoms with Crippen LogP contribution in [0.3, 0.4) is 0 Å². The van der Waals surface area contributed by atoms with Crippen LogP contribution in [0.5, 0.6) is 0 Å². The number of amides is 3. The second-order valence-electron chi connectivity index (χ2n) is 13.9. The maximum absolute atomic E-state index is 12.2. The Balaban J connectivity index is 1.15. The maximum Gasteiger partial charge on any atom is 0.217 e. The Hall–Kier alpha value is -3.87. The van der Waals surface area contributed by atoms with E-state index in [1.54, 1.807) is 0 Å². The summed E-state index contributed by atoms with van der Waals surface area (Å²) in [6.45, 7) is 1.66. The highest BCUT2D eigenvalue weighted by molar-refractivity contribution is 5.74. The van der Waals surface area contributed by atoms with Crippen LogP contribution >= 0.6 is 0 Å². The Morgan fingerprint density at radius 3 is 1.50 bits per heavy atom. The van der Waals surface area contributed by atoms with Gasteiger partial charge < -0.3 is 85.2 Å². The van der Waals surface area contributed by atoms with Gasteiger partial charge in [-0.05, 0) is 0 Å². The van der Waals surface area contributed by atoms with Crippen LogP contribution in [0.15, 0.2) is 12.4 Å². The fourth-order valence-corrected chi connectivity index (χ4v) is 6.80. The van der Waals surface area contributed by atoms with Gasteiger partial charge in [0.05, 0.1) is 58.6 Å². The van der Waals surface area contributed by atoms with Crippen LogP contribution in [0.2, 0.25) is 0 Å². The summed E-state index contributed by atoms with van der Waals surface area (Å²) in [6.07, 6.45) is -14.0. The topological polar surface area (TPSA) is 366 Å². The van der Waals surface area contributed by atoms with Gasteiger partial charge >= 0.3 is 0 Å². The lowest BCUT2D eigenvalue weighted by Crippen LogP contribution is -2.68. The van der Waals surface area contributed by atoms with Crippen molar-refractivity contribution in [2.24, 2.45) is 0 Å². The maximum atomic E-state index is 12.2. The number of aromatic nitrogens is 6. The second-order valence-corrected chi connectivity index (χ2v) is 13.9. The van der Waals surface area contributed by atoms with Gasteiger partial charge in [0.2, 0.25) is 17.7 Å². The molecule has 15 atom stereocenters. The van der Waals surface area contributed by atoms with Crippen LogP contribution < -0.4 is 16.0 Å². The van der Waals surface area contributed by atoms with E-state index in [0.717, 1.165) is 6.92 Å². The number of nitrogens with zero attached hydrogens (tertiary/aromatic N) is 6. The Labute approximate surface area is 329 Å². The van der Waals surface area contributed by atoms with Crippen LogP contribution in [0.25, 0.3) is 0 Å². The van der Waals surface area contributed by atoms with Crippen LogP contribution in [0.4, 0.5) is 0 Å². The molecule has 5 heterocycles. The molecule has 3 amide bonds. The molecular formula is C32H51N9O17. The fourth-order valence-electron chi connectivity index (χ4n) is 6.80. The molecule has 0 saturated carbocycles. The van der Waals surface area contributed by atoms with Crippen molar-refractivity contribution >= 4 is 17.7 Å². The van der Waals surface area contributed by atoms with Gasteiger partial charge in [-0.15, -0.1) is 10.2 Å². The number of aliphatic hydroxyl groups excluding tert-OH is 8. The van der Waals surface area contributed by atoms with Crippen molar-refractivity contribution in [1.82, 2.24) is 45.9 Å². The first-order chi connectivity index (χ1) is 27.7. The summed E-state index contributed by atoms with van der Waals surface area (Å²) in [5, 5.41) is 106. The van der Waals surface area contributed by atoms with E-state index in [2.05, 4.69) is 36.6 Å². The minimum Gasteiger partial charge on any atom is -0.394 e. The zero-order chi connectivity index (χ0) is 42.3. The number of carbonyl (C=O) groups is 3. The third-order valence-corrected chi connectivity index (χ3v) is 9.56. The molecule has 0 radical (unpaired) electrons. The number of aliphatic hydroxyl groups is 8. The van der Waals surface area contributed by atoms with Gasteiger partial charge in [-0.25, -0.2) is 9.36 Å². The Kier molecular flexibility index (Phi) is 15.9. The van der Waals surface area contributed by atoms with Crippen LogP contribution in [-0.2, 0) is 56.0 Å². The normalized spacial score (nSPS) is 35.3. The quantitative estimate of drug-likeness (QED) is 0.0660. The minimum absolute atomic E-state index is 0.0143. The van der Waals surface area contributed by atoms with E-state index in [-0.39, 0.29) is 26.4 Å². The zero-order valence-corrected chi connectivity index (χ0v) is 31.7. The van der Waals surface area contributed by atoms with Crippen LogP contribution in [0, 0.1) is 0 Å². The molecule has 0 aliphatic carbocycles. The lowest BCUT2D eigenvalue weighted by atomic mass is 9.94. The van der Waals surface area contributed by atoms with E-state index in [4.69, 9.17) is 28.4 Å². The summed E-state index contributed by atoms with van der Waals surface area (Å²) < 4.78 is 37.0. The molecule has 11 N–H and O–H groups in total. The van der Waals surface area contributed by atoms with E-state index < -0.39 is 129 Å². The summed E-state index contributed by atoms with van der Waals surface area (Å²) in [7, 11) is 0. The molecule has 5 rings (SSSR count).